The molecule has 0 saturated carbocycles. The Kier molecular flexibility index (Phi) is 3.18. The lowest BCUT2D eigenvalue weighted by molar-refractivity contribution is 0.188. The number of benzene rings is 1. The highest BCUT2D eigenvalue weighted by atomic mass is 15.4. The second kappa shape index (κ2) is 5.11. The molecule has 0 bridgehead atoms. The zero-order chi connectivity index (χ0) is 16.1. The second-order valence-electron chi connectivity index (χ2n) is 6.98. The smallest absolute Gasteiger partial charge is 0.212 e. The highest BCUT2D eigenvalue weighted by Crippen LogP contribution is 2.44. The van der Waals surface area contributed by atoms with Gasteiger partial charge in [-0.15, -0.1) is 0 Å². The number of hydrogen-bond acceptors (Lipinski definition) is 4. The Hall–Kier alpha value is -2.30. The minimum absolute atomic E-state index is 0.00648. The van der Waals surface area contributed by atoms with E-state index in [1.54, 1.807) is 0 Å². The molecule has 0 radical (unpaired) electrons. The molecule has 3 N–H and O–H groups in total. The van der Waals surface area contributed by atoms with E-state index in [0.717, 1.165) is 23.4 Å². The molecule has 2 aliphatic rings. The zero-order valence-corrected chi connectivity index (χ0v) is 13.8. The summed E-state index contributed by atoms with van der Waals surface area (Å²) in [5.74, 6) is 2.70. The number of rotatable bonds is 1. The van der Waals surface area contributed by atoms with E-state index in [2.05, 4.69) is 47.8 Å². The number of nitrogens with one attached hydrogen (secondary N) is 1. The Bertz CT molecular complexity index is 816. The van der Waals surface area contributed by atoms with Crippen molar-refractivity contribution in [3.05, 3.63) is 35.9 Å². The van der Waals surface area contributed by atoms with Gasteiger partial charge in [-0.1, -0.05) is 37.6 Å². The summed E-state index contributed by atoms with van der Waals surface area (Å²) in [7, 11) is 0. The quantitative estimate of drug-likeness (QED) is 0.792. The Balaban J connectivity index is 1.87. The van der Waals surface area contributed by atoms with Crippen molar-refractivity contribution >= 4 is 22.9 Å². The van der Waals surface area contributed by atoms with Crippen LogP contribution in [0, 0.1) is 17.8 Å². The largest absolute Gasteiger partial charge is 0.370 e. The zero-order valence-electron chi connectivity index (χ0n) is 13.8. The lowest BCUT2D eigenvalue weighted by Gasteiger charge is -2.39. The monoisotopic (exact) mass is 309 g/mol. The SMILES string of the molecule is CC1=C[C@H](C)[C@H]([C@H]2N=C(N)Nc3nc4ccccc4n32)[C@H](C)C1. The van der Waals surface area contributed by atoms with Crippen molar-refractivity contribution in [3.63, 3.8) is 0 Å². The summed E-state index contributed by atoms with van der Waals surface area (Å²) in [6, 6.07) is 8.20. The standard InChI is InChI=1S/C18H23N5/c1-10-8-11(2)15(12(3)9-10)16-21-17(19)22-18-20-13-6-4-5-7-14(13)23(16)18/h4-8,11-12,15-16H,9H2,1-3H3,(H3,19,20,21,22)/t11-,12+,15-,16-/m0/s1. The van der Waals surface area contributed by atoms with Crippen LogP contribution >= 0.6 is 0 Å². The van der Waals surface area contributed by atoms with Crippen LogP contribution in [0.3, 0.4) is 0 Å². The number of anilines is 1. The average molecular weight is 309 g/mol. The van der Waals surface area contributed by atoms with Gasteiger partial charge in [0.05, 0.1) is 11.0 Å². The fraction of sp³-hybridized carbons (Fsp3) is 0.444. The molecule has 0 unspecified atom stereocenters. The number of nitrogens with two attached hydrogens (primary N) is 1. The second-order valence-corrected chi connectivity index (χ2v) is 6.98. The third-order valence-corrected chi connectivity index (χ3v) is 5.17. The summed E-state index contributed by atoms with van der Waals surface area (Å²) in [6.07, 6.45) is 3.50. The molecule has 1 aliphatic carbocycles. The number of aromatic nitrogens is 2. The van der Waals surface area contributed by atoms with E-state index in [4.69, 9.17) is 10.7 Å². The Labute approximate surface area is 136 Å². The molecule has 1 aromatic carbocycles. The maximum atomic E-state index is 6.06. The van der Waals surface area contributed by atoms with E-state index in [-0.39, 0.29) is 6.17 Å². The van der Waals surface area contributed by atoms with Crippen molar-refractivity contribution in [2.45, 2.75) is 33.4 Å². The first-order valence-corrected chi connectivity index (χ1v) is 8.29. The van der Waals surface area contributed by atoms with E-state index in [1.807, 2.05) is 18.2 Å². The van der Waals surface area contributed by atoms with Crippen molar-refractivity contribution in [2.75, 3.05) is 5.32 Å². The van der Waals surface area contributed by atoms with Crippen molar-refractivity contribution in [1.82, 2.24) is 9.55 Å². The van der Waals surface area contributed by atoms with Crippen molar-refractivity contribution < 1.29 is 0 Å². The number of guanidine groups is 1. The molecule has 0 spiro atoms. The fourth-order valence-corrected chi connectivity index (χ4v) is 4.36. The van der Waals surface area contributed by atoms with Gasteiger partial charge < -0.3 is 5.73 Å². The molecule has 0 amide bonds. The third kappa shape index (κ3) is 2.22. The number of imidazole rings is 1. The highest BCUT2D eigenvalue weighted by molar-refractivity contribution is 5.94. The summed E-state index contributed by atoms with van der Waals surface area (Å²) in [6.45, 7) is 6.84. The van der Waals surface area contributed by atoms with E-state index in [9.17, 15) is 0 Å². The Morgan fingerprint density at radius 2 is 2.04 bits per heavy atom. The first kappa shape index (κ1) is 14.3. The molecule has 1 aromatic heterocycles. The van der Waals surface area contributed by atoms with Crippen LogP contribution < -0.4 is 11.1 Å². The molecule has 120 valence electrons. The molecule has 4 atom stereocenters. The van der Waals surface area contributed by atoms with E-state index in [0.29, 0.717) is 23.7 Å². The molecule has 5 nitrogen and oxygen atoms in total. The first-order valence-electron chi connectivity index (χ1n) is 8.29. The molecule has 23 heavy (non-hydrogen) atoms. The van der Waals surface area contributed by atoms with Crippen molar-refractivity contribution in [3.8, 4) is 0 Å². The van der Waals surface area contributed by atoms with Crippen molar-refractivity contribution in [2.24, 2.45) is 28.5 Å². The van der Waals surface area contributed by atoms with Crippen LogP contribution in [-0.2, 0) is 0 Å². The van der Waals surface area contributed by atoms with Gasteiger partial charge in [-0.25, -0.2) is 9.98 Å². The molecule has 1 aliphatic heterocycles. The van der Waals surface area contributed by atoms with Gasteiger partial charge in [0.15, 0.2) is 5.96 Å². The number of allylic oxidation sites excluding steroid dienone is 2. The van der Waals surface area contributed by atoms with E-state index in [1.165, 1.54) is 5.57 Å². The van der Waals surface area contributed by atoms with Gasteiger partial charge in [-0.3, -0.25) is 9.88 Å². The van der Waals surface area contributed by atoms with Crippen LogP contribution in [0.1, 0.15) is 33.4 Å². The lowest BCUT2D eigenvalue weighted by atomic mass is 9.73. The number of hydrogen-bond donors (Lipinski definition) is 2. The number of para-hydroxylation sites is 2. The summed E-state index contributed by atoms with van der Waals surface area (Å²) in [5, 5.41) is 3.12. The Morgan fingerprint density at radius 3 is 2.83 bits per heavy atom. The third-order valence-electron chi connectivity index (χ3n) is 5.17. The van der Waals surface area contributed by atoms with Gasteiger partial charge in [0.1, 0.15) is 6.17 Å². The molecule has 5 heteroatoms. The summed E-state index contributed by atoms with van der Waals surface area (Å²) < 4.78 is 2.22. The van der Waals surface area contributed by atoms with Crippen LogP contribution in [0.4, 0.5) is 5.95 Å². The lowest BCUT2D eigenvalue weighted by Crippen LogP contribution is -2.38. The first-order chi connectivity index (χ1) is 11.0. The molecule has 2 heterocycles. The number of nitrogens with zero attached hydrogens (tertiary/aromatic N) is 3. The van der Waals surface area contributed by atoms with Gasteiger partial charge >= 0.3 is 0 Å². The molecular formula is C18H23N5. The predicted octanol–water partition coefficient (Wildman–Crippen LogP) is 3.51. The van der Waals surface area contributed by atoms with Gasteiger partial charge in [-0.2, -0.15) is 0 Å². The predicted molar refractivity (Wildman–Crippen MR) is 94.2 cm³/mol. The molecule has 4 rings (SSSR count). The molecular weight excluding hydrogens is 286 g/mol. The van der Waals surface area contributed by atoms with Crippen molar-refractivity contribution in [1.29, 1.82) is 0 Å². The van der Waals surface area contributed by atoms with E-state index >= 15 is 0 Å². The minimum atomic E-state index is -0.00648. The normalized spacial score (nSPS) is 30.4. The summed E-state index contributed by atoms with van der Waals surface area (Å²) in [4.78, 5) is 9.46. The highest BCUT2D eigenvalue weighted by Gasteiger charge is 2.38. The van der Waals surface area contributed by atoms with Crippen LogP contribution in [0.15, 0.2) is 40.9 Å². The minimum Gasteiger partial charge on any atom is -0.370 e. The fourth-order valence-electron chi connectivity index (χ4n) is 4.36. The Morgan fingerprint density at radius 1 is 1.26 bits per heavy atom. The van der Waals surface area contributed by atoms with Gasteiger partial charge in [-0.05, 0) is 37.3 Å². The summed E-state index contributed by atoms with van der Waals surface area (Å²) in [5.41, 5.74) is 9.62. The van der Waals surface area contributed by atoms with Crippen LogP contribution in [0.2, 0.25) is 0 Å². The topological polar surface area (TPSA) is 68.2 Å². The average Bonchev–Trinajstić information content (AvgIpc) is 2.83. The molecule has 0 fully saturated rings. The number of fused-ring (bicyclic) bond motifs is 3. The van der Waals surface area contributed by atoms with Gasteiger partial charge in [0.25, 0.3) is 0 Å². The maximum Gasteiger partial charge on any atom is 0.212 e. The maximum absolute atomic E-state index is 6.06. The van der Waals surface area contributed by atoms with Gasteiger partial charge in [0.2, 0.25) is 5.95 Å². The molecule has 2 aromatic rings. The van der Waals surface area contributed by atoms with Crippen LogP contribution in [0.25, 0.3) is 11.0 Å². The van der Waals surface area contributed by atoms with Crippen LogP contribution in [0.5, 0.6) is 0 Å². The van der Waals surface area contributed by atoms with Gasteiger partial charge in [0, 0.05) is 5.92 Å². The number of aliphatic imine (C=N–C) groups is 1. The van der Waals surface area contributed by atoms with Crippen LogP contribution in [-0.4, -0.2) is 15.5 Å². The molecule has 0 saturated heterocycles. The van der Waals surface area contributed by atoms with E-state index < -0.39 is 0 Å². The summed E-state index contributed by atoms with van der Waals surface area (Å²) >= 11 is 0.